The first-order chi connectivity index (χ1) is 15.3. The van der Waals surface area contributed by atoms with Crippen LogP contribution < -0.4 is 11.0 Å². The van der Waals surface area contributed by atoms with Gasteiger partial charge < -0.3 is 10.4 Å². The van der Waals surface area contributed by atoms with E-state index in [9.17, 15) is 9.59 Å². The summed E-state index contributed by atoms with van der Waals surface area (Å²) in [6, 6.07) is 8.90. The lowest BCUT2D eigenvalue weighted by atomic mass is 10.1. The Labute approximate surface area is 189 Å². The van der Waals surface area contributed by atoms with Crippen molar-refractivity contribution in [3.63, 3.8) is 0 Å². The molecule has 0 atom stereocenters. The average Bonchev–Trinajstić information content (AvgIpc) is 3.13. The number of fused-ring (bicyclic) bond motifs is 3. The third kappa shape index (κ3) is 3.87. The van der Waals surface area contributed by atoms with Gasteiger partial charge in [-0.05, 0) is 36.6 Å². The number of aryl methyl sites for hydroxylation is 1. The number of benzene rings is 1. The first-order valence-corrected chi connectivity index (χ1v) is 10.7. The molecule has 0 saturated carbocycles. The molecule has 32 heavy (non-hydrogen) atoms. The fourth-order valence-corrected chi connectivity index (χ4v) is 3.96. The number of amides is 1. The first-order valence-electron chi connectivity index (χ1n) is 10.4. The van der Waals surface area contributed by atoms with Gasteiger partial charge in [0.15, 0.2) is 5.65 Å². The highest BCUT2D eigenvalue weighted by Crippen LogP contribution is 2.24. The van der Waals surface area contributed by atoms with Gasteiger partial charge in [-0.1, -0.05) is 37.6 Å². The molecular formula is C23H24ClN5O3. The van der Waals surface area contributed by atoms with Crippen LogP contribution in [0.1, 0.15) is 47.1 Å². The third-order valence-corrected chi connectivity index (χ3v) is 5.65. The molecule has 1 amide bonds. The molecule has 0 aliphatic carbocycles. The summed E-state index contributed by atoms with van der Waals surface area (Å²) in [5.41, 5.74) is 4.05. The lowest BCUT2D eigenvalue weighted by Crippen LogP contribution is -2.30. The Balaban J connectivity index is 2.00. The van der Waals surface area contributed by atoms with E-state index in [1.165, 1.54) is 6.20 Å². The van der Waals surface area contributed by atoms with E-state index in [-0.39, 0.29) is 37.2 Å². The van der Waals surface area contributed by atoms with Crippen LogP contribution in [0, 0.1) is 6.92 Å². The van der Waals surface area contributed by atoms with Gasteiger partial charge in [-0.3, -0.25) is 9.36 Å². The van der Waals surface area contributed by atoms with Crippen molar-refractivity contribution in [2.45, 2.75) is 33.2 Å². The molecular weight excluding hydrogens is 430 g/mol. The van der Waals surface area contributed by atoms with Crippen LogP contribution in [0.5, 0.6) is 0 Å². The summed E-state index contributed by atoms with van der Waals surface area (Å²) in [5.74, 6) is -0.237. The van der Waals surface area contributed by atoms with Crippen molar-refractivity contribution in [3.8, 4) is 0 Å². The predicted octanol–water partition coefficient (Wildman–Crippen LogP) is 2.90. The third-order valence-electron chi connectivity index (χ3n) is 5.40. The number of nitrogens with zero attached hydrogens (tertiary/aromatic N) is 4. The minimum absolute atomic E-state index is 0.130. The Hall–Kier alpha value is -3.23. The van der Waals surface area contributed by atoms with E-state index in [0.29, 0.717) is 27.3 Å². The van der Waals surface area contributed by atoms with Crippen molar-refractivity contribution in [1.82, 2.24) is 24.3 Å². The van der Waals surface area contributed by atoms with E-state index in [1.807, 2.05) is 32.9 Å². The second kappa shape index (κ2) is 8.72. The Morgan fingerprint density at radius 3 is 2.62 bits per heavy atom. The maximum atomic E-state index is 13.6. The molecule has 0 radical (unpaired) electrons. The lowest BCUT2D eigenvalue weighted by Gasteiger charge is -2.13. The second-order valence-corrected chi connectivity index (χ2v) is 8.40. The first kappa shape index (κ1) is 22.0. The quantitative estimate of drug-likeness (QED) is 0.467. The van der Waals surface area contributed by atoms with Gasteiger partial charge in [-0.25, -0.2) is 19.2 Å². The number of halogens is 1. The number of imidazole rings is 1. The molecule has 8 nitrogen and oxygen atoms in total. The number of aliphatic hydroxyl groups excluding tert-OH is 1. The van der Waals surface area contributed by atoms with Gasteiger partial charge in [-0.15, -0.1) is 0 Å². The van der Waals surface area contributed by atoms with E-state index in [2.05, 4.69) is 10.3 Å². The zero-order valence-electron chi connectivity index (χ0n) is 18.1. The van der Waals surface area contributed by atoms with Gasteiger partial charge in [0.05, 0.1) is 29.9 Å². The zero-order valence-corrected chi connectivity index (χ0v) is 18.8. The molecule has 0 bridgehead atoms. The molecule has 1 aromatic carbocycles. The molecule has 3 aromatic heterocycles. The minimum Gasteiger partial charge on any atom is -0.395 e. The van der Waals surface area contributed by atoms with Crippen molar-refractivity contribution < 1.29 is 9.90 Å². The monoisotopic (exact) mass is 453 g/mol. The fourth-order valence-electron chi connectivity index (χ4n) is 3.83. The largest absolute Gasteiger partial charge is 0.395 e. The number of carbonyl (C=O) groups is 1. The summed E-state index contributed by atoms with van der Waals surface area (Å²) in [4.78, 5) is 35.3. The van der Waals surface area contributed by atoms with E-state index in [1.54, 1.807) is 27.2 Å². The number of aromatic nitrogens is 4. The summed E-state index contributed by atoms with van der Waals surface area (Å²) in [7, 11) is 0. The fraction of sp³-hybridized carbons (Fsp3) is 0.304. The molecule has 9 heteroatoms. The Morgan fingerprint density at radius 2 is 1.97 bits per heavy atom. The summed E-state index contributed by atoms with van der Waals surface area (Å²) in [6.07, 6.45) is 1.46. The minimum atomic E-state index is -0.374. The molecule has 2 N–H and O–H groups in total. The number of pyridine rings is 1. The average molecular weight is 454 g/mol. The van der Waals surface area contributed by atoms with Crippen LogP contribution in [-0.4, -0.2) is 43.1 Å². The number of hydrogen-bond donors (Lipinski definition) is 2. The molecule has 3 heterocycles. The molecule has 0 saturated heterocycles. The Kier molecular flexibility index (Phi) is 5.99. The number of rotatable bonds is 6. The predicted molar refractivity (Wildman–Crippen MR) is 124 cm³/mol. The normalized spacial score (nSPS) is 11.6. The molecule has 0 aliphatic rings. The van der Waals surface area contributed by atoms with Gasteiger partial charge in [-0.2, -0.15) is 0 Å². The van der Waals surface area contributed by atoms with Gasteiger partial charge in [0.25, 0.3) is 5.91 Å². The van der Waals surface area contributed by atoms with Crippen molar-refractivity contribution in [2.24, 2.45) is 0 Å². The molecule has 0 unspecified atom stereocenters. The van der Waals surface area contributed by atoms with Crippen LogP contribution in [0.2, 0.25) is 5.02 Å². The number of carbonyl (C=O) groups excluding carboxylic acids is 1. The highest BCUT2D eigenvalue weighted by Gasteiger charge is 2.21. The van der Waals surface area contributed by atoms with Crippen molar-refractivity contribution in [1.29, 1.82) is 0 Å². The number of aliphatic hydroxyl groups is 1. The van der Waals surface area contributed by atoms with Crippen LogP contribution in [0.15, 0.2) is 41.3 Å². The summed E-state index contributed by atoms with van der Waals surface area (Å²) in [5, 5.41) is 12.2. The topological polar surface area (TPSA) is 102 Å². The summed E-state index contributed by atoms with van der Waals surface area (Å²) >= 11 is 6.02. The lowest BCUT2D eigenvalue weighted by molar-refractivity contribution is 0.0944. The molecule has 4 rings (SSSR count). The van der Waals surface area contributed by atoms with Crippen molar-refractivity contribution in [3.05, 3.63) is 74.6 Å². The van der Waals surface area contributed by atoms with Gasteiger partial charge in [0.2, 0.25) is 0 Å². The van der Waals surface area contributed by atoms with Gasteiger partial charge >= 0.3 is 5.69 Å². The van der Waals surface area contributed by atoms with E-state index < -0.39 is 0 Å². The Bertz CT molecular complexity index is 1370. The summed E-state index contributed by atoms with van der Waals surface area (Å²) < 4.78 is 3.19. The van der Waals surface area contributed by atoms with Crippen LogP contribution in [0.3, 0.4) is 0 Å². The van der Waals surface area contributed by atoms with Gasteiger partial charge in [0.1, 0.15) is 5.52 Å². The highest BCUT2D eigenvalue weighted by molar-refractivity contribution is 6.30. The maximum Gasteiger partial charge on any atom is 0.335 e. The van der Waals surface area contributed by atoms with Crippen LogP contribution >= 0.6 is 11.6 Å². The standard InChI is InChI=1S/C23H24ClN5O3/c1-13(2)19-14(3)29-21(27-19)20-18(10-16(11-26-20)22(31)25-8-9-30)28(23(29)32)12-15-4-6-17(24)7-5-15/h4-7,10-11,13,30H,8-9,12H2,1-3H3,(H,25,31). The number of nitrogens with one attached hydrogen (secondary N) is 1. The van der Waals surface area contributed by atoms with Crippen LogP contribution in [-0.2, 0) is 6.54 Å². The molecule has 0 aliphatic heterocycles. The van der Waals surface area contributed by atoms with Crippen molar-refractivity contribution in [2.75, 3.05) is 13.2 Å². The molecule has 4 aromatic rings. The van der Waals surface area contributed by atoms with E-state index in [0.717, 1.165) is 17.0 Å². The van der Waals surface area contributed by atoms with Crippen molar-refractivity contribution >= 4 is 34.2 Å². The second-order valence-electron chi connectivity index (χ2n) is 7.96. The van der Waals surface area contributed by atoms with Gasteiger partial charge in [0, 0.05) is 23.5 Å². The smallest absolute Gasteiger partial charge is 0.335 e. The van der Waals surface area contributed by atoms with Crippen LogP contribution in [0.25, 0.3) is 16.7 Å². The van der Waals surface area contributed by atoms with Crippen LogP contribution in [0.4, 0.5) is 0 Å². The maximum absolute atomic E-state index is 13.6. The van der Waals surface area contributed by atoms with E-state index >= 15 is 0 Å². The molecule has 0 spiro atoms. The summed E-state index contributed by atoms with van der Waals surface area (Å²) in [6.45, 7) is 6.18. The molecule has 166 valence electrons. The molecule has 0 fully saturated rings. The number of hydrogen-bond acceptors (Lipinski definition) is 5. The zero-order chi connectivity index (χ0) is 23.0. The highest BCUT2D eigenvalue weighted by atomic mass is 35.5. The SMILES string of the molecule is Cc1c(C(C)C)nc2c3ncc(C(=O)NCCO)cc3n(Cc3ccc(Cl)cc3)c(=O)n12. The Morgan fingerprint density at radius 1 is 1.25 bits per heavy atom. The van der Waals surface area contributed by atoms with E-state index in [4.69, 9.17) is 21.7 Å².